The molecule has 0 spiro atoms. The molecule has 0 saturated carbocycles. The molecule has 5 rings (SSSR count). The van der Waals surface area contributed by atoms with Crippen LogP contribution >= 0.6 is 0 Å². The number of aliphatic imine (C=N–C) groups is 1. The van der Waals surface area contributed by atoms with Gasteiger partial charge in [0, 0.05) is 16.7 Å². The van der Waals surface area contributed by atoms with E-state index in [2.05, 4.69) is 20.8 Å². The van der Waals surface area contributed by atoms with Crippen LogP contribution in [0.4, 0.5) is 11.7 Å². The Morgan fingerprint density at radius 1 is 0.833 bits per heavy atom. The molecule has 4 aromatic rings. The number of hydrogen-bond donors (Lipinski definition) is 2. The van der Waals surface area contributed by atoms with Gasteiger partial charge in [0.15, 0.2) is 0 Å². The van der Waals surface area contributed by atoms with Crippen molar-refractivity contribution in [2.45, 2.75) is 6.17 Å². The van der Waals surface area contributed by atoms with Crippen molar-refractivity contribution in [1.29, 1.82) is 0 Å². The molecule has 0 fully saturated rings. The molecule has 0 aliphatic carbocycles. The van der Waals surface area contributed by atoms with E-state index in [1.165, 1.54) is 0 Å². The lowest BCUT2D eigenvalue weighted by atomic mass is 10.0. The zero-order valence-corrected chi connectivity index (χ0v) is 15.8. The lowest BCUT2D eigenvalue weighted by Gasteiger charge is -2.11. The van der Waals surface area contributed by atoms with Crippen LogP contribution in [0.25, 0.3) is 11.4 Å². The van der Waals surface area contributed by atoms with Gasteiger partial charge in [0.25, 0.3) is 5.91 Å². The highest BCUT2D eigenvalue weighted by Gasteiger charge is 2.27. The fraction of sp³-hybridized carbons (Fsp3) is 0.0435. The molecule has 1 amide bonds. The third-order valence-electron chi connectivity index (χ3n) is 4.71. The topological polar surface area (TPSA) is 92.4 Å². The van der Waals surface area contributed by atoms with E-state index in [0.29, 0.717) is 17.2 Å². The largest absolute Gasteiger partial charge is 0.323 e. The number of nitrogens with one attached hydrogen (secondary N) is 2. The molecule has 30 heavy (non-hydrogen) atoms. The summed E-state index contributed by atoms with van der Waals surface area (Å²) in [5.41, 5.74) is 3.97. The van der Waals surface area contributed by atoms with Crippen molar-refractivity contribution in [2.75, 3.05) is 10.6 Å². The first kappa shape index (κ1) is 17.8. The molecule has 1 aliphatic rings. The van der Waals surface area contributed by atoms with Crippen molar-refractivity contribution in [3.8, 4) is 11.4 Å². The maximum absolute atomic E-state index is 12.9. The molecule has 7 heteroatoms. The summed E-state index contributed by atoms with van der Waals surface area (Å²) in [6.07, 6.45) is -0.934. The molecular formula is C23H17N5O2. The van der Waals surface area contributed by atoms with Gasteiger partial charge in [0.2, 0.25) is 12.0 Å². The number of benzene rings is 3. The molecule has 0 bridgehead atoms. The van der Waals surface area contributed by atoms with Gasteiger partial charge in [0.05, 0.1) is 11.4 Å². The Balaban J connectivity index is 1.51. The van der Waals surface area contributed by atoms with Gasteiger partial charge in [-0.1, -0.05) is 84.0 Å². The summed E-state index contributed by atoms with van der Waals surface area (Å²) in [6, 6.07) is 26.9. The molecule has 1 aliphatic heterocycles. The van der Waals surface area contributed by atoms with Gasteiger partial charge in [-0.3, -0.25) is 4.79 Å². The predicted molar refractivity (Wildman–Crippen MR) is 114 cm³/mol. The molecule has 146 valence electrons. The fourth-order valence-electron chi connectivity index (χ4n) is 3.28. The highest BCUT2D eigenvalue weighted by molar-refractivity contribution is 6.19. The van der Waals surface area contributed by atoms with Crippen LogP contribution in [0.2, 0.25) is 0 Å². The number of hydrogen-bond acceptors (Lipinski definition) is 6. The Hall–Kier alpha value is -4.26. The van der Waals surface area contributed by atoms with Crippen molar-refractivity contribution in [3.05, 3.63) is 96.1 Å². The summed E-state index contributed by atoms with van der Waals surface area (Å²) in [4.78, 5) is 21.9. The van der Waals surface area contributed by atoms with Gasteiger partial charge in [0.1, 0.15) is 0 Å². The van der Waals surface area contributed by atoms with Gasteiger partial charge in [-0.05, 0) is 6.07 Å². The van der Waals surface area contributed by atoms with Crippen LogP contribution in [0.3, 0.4) is 0 Å². The van der Waals surface area contributed by atoms with Crippen molar-refractivity contribution in [1.82, 2.24) is 10.1 Å². The van der Waals surface area contributed by atoms with Crippen molar-refractivity contribution in [2.24, 2.45) is 4.99 Å². The van der Waals surface area contributed by atoms with Crippen LogP contribution in [0.1, 0.15) is 11.1 Å². The standard InChI is InChI=1S/C23H17N5O2/c29-22-21(27-23-26-20(28-30-23)16-11-5-2-6-12-16)25-19(15-9-3-1-4-10-15)17-13-7-8-14-18(17)24-22/h1-14,21H,(H,24,29)(H,26,27,28). The zero-order valence-electron chi connectivity index (χ0n) is 15.8. The van der Waals surface area contributed by atoms with E-state index < -0.39 is 6.17 Å². The van der Waals surface area contributed by atoms with Crippen LogP contribution in [0, 0.1) is 0 Å². The first-order chi connectivity index (χ1) is 14.8. The Labute approximate surface area is 172 Å². The highest BCUT2D eigenvalue weighted by Crippen LogP contribution is 2.25. The van der Waals surface area contributed by atoms with Crippen LogP contribution in [0.5, 0.6) is 0 Å². The average Bonchev–Trinajstić information content (AvgIpc) is 3.21. The van der Waals surface area contributed by atoms with E-state index in [0.717, 1.165) is 16.7 Å². The maximum atomic E-state index is 12.9. The predicted octanol–water partition coefficient (Wildman–Crippen LogP) is 3.96. The van der Waals surface area contributed by atoms with Crippen LogP contribution in [-0.4, -0.2) is 27.9 Å². The number of anilines is 2. The monoisotopic (exact) mass is 395 g/mol. The number of carbonyl (C=O) groups is 1. The SMILES string of the molecule is O=C1Nc2ccccc2C(c2ccccc2)=NC1Nc1nc(-c2ccccc2)no1. The van der Waals surface area contributed by atoms with E-state index in [9.17, 15) is 4.79 Å². The molecule has 1 unspecified atom stereocenters. The van der Waals surface area contributed by atoms with Gasteiger partial charge < -0.3 is 15.2 Å². The van der Waals surface area contributed by atoms with Gasteiger partial charge in [-0.25, -0.2) is 4.99 Å². The number of aromatic nitrogens is 2. The number of nitrogens with zero attached hydrogens (tertiary/aromatic N) is 3. The normalized spacial score (nSPS) is 15.5. The number of para-hydroxylation sites is 1. The Morgan fingerprint density at radius 2 is 1.50 bits per heavy atom. The van der Waals surface area contributed by atoms with Crippen molar-refractivity contribution >= 4 is 23.3 Å². The smallest absolute Gasteiger partial charge is 0.322 e. The first-order valence-corrected chi connectivity index (χ1v) is 9.47. The van der Waals surface area contributed by atoms with E-state index >= 15 is 0 Å². The Morgan fingerprint density at radius 3 is 2.27 bits per heavy atom. The van der Waals surface area contributed by atoms with Gasteiger partial charge in [-0.2, -0.15) is 4.98 Å². The first-order valence-electron chi connectivity index (χ1n) is 9.47. The summed E-state index contributed by atoms with van der Waals surface area (Å²) in [5, 5.41) is 9.87. The summed E-state index contributed by atoms with van der Waals surface area (Å²) in [7, 11) is 0. The third kappa shape index (κ3) is 3.44. The maximum Gasteiger partial charge on any atom is 0.323 e. The molecule has 7 nitrogen and oxygen atoms in total. The van der Waals surface area contributed by atoms with Gasteiger partial charge >= 0.3 is 6.01 Å². The minimum absolute atomic E-state index is 0.121. The fourth-order valence-corrected chi connectivity index (χ4v) is 3.28. The Kier molecular flexibility index (Phi) is 4.53. The zero-order chi connectivity index (χ0) is 20.3. The number of amides is 1. The molecular weight excluding hydrogens is 378 g/mol. The quantitative estimate of drug-likeness (QED) is 0.546. The summed E-state index contributed by atoms with van der Waals surface area (Å²) >= 11 is 0. The summed E-state index contributed by atoms with van der Waals surface area (Å²) in [6.45, 7) is 0. The minimum Gasteiger partial charge on any atom is -0.322 e. The van der Waals surface area contributed by atoms with Crippen LogP contribution in [-0.2, 0) is 4.79 Å². The second-order valence-electron chi connectivity index (χ2n) is 6.71. The van der Waals surface area contributed by atoms with Crippen molar-refractivity contribution < 1.29 is 9.32 Å². The lowest BCUT2D eigenvalue weighted by molar-refractivity contribution is -0.116. The number of benzodiazepines with no additional fused rings is 1. The molecule has 2 N–H and O–H groups in total. The Bertz CT molecular complexity index is 1220. The molecule has 1 aromatic heterocycles. The lowest BCUT2D eigenvalue weighted by Crippen LogP contribution is -2.32. The molecule has 1 atom stereocenters. The molecule has 3 aromatic carbocycles. The number of carbonyl (C=O) groups excluding carboxylic acids is 1. The number of fused-ring (bicyclic) bond motifs is 1. The molecule has 0 saturated heterocycles. The molecule has 0 radical (unpaired) electrons. The summed E-state index contributed by atoms with van der Waals surface area (Å²) < 4.78 is 5.31. The van der Waals surface area contributed by atoms with Crippen molar-refractivity contribution in [3.63, 3.8) is 0 Å². The highest BCUT2D eigenvalue weighted by atomic mass is 16.5. The molecule has 2 heterocycles. The minimum atomic E-state index is -0.934. The third-order valence-corrected chi connectivity index (χ3v) is 4.71. The summed E-state index contributed by atoms with van der Waals surface area (Å²) in [5.74, 6) is 0.121. The van der Waals surface area contributed by atoms with Gasteiger partial charge in [-0.15, -0.1) is 0 Å². The van der Waals surface area contributed by atoms with E-state index in [-0.39, 0.29) is 11.9 Å². The van der Waals surface area contributed by atoms with E-state index in [1.54, 1.807) is 0 Å². The van der Waals surface area contributed by atoms with Crippen LogP contribution in [0.15, 0.2) is 94.4 Å². The average molecular weight is 395 g/mol. The second-order valence-corrected chi connectivity index (χ2v) is 6.71. The van der Waals surface area contributed by atoms with Crippen LogP contribution < -0.4 is 10.6 Å². The second kappa shape index (κ2) is 7.63. The van der Waals surface area contributed by atoms with E-state index in [4.69, 9.17) is 9.52 Å². The number of rotatable bonds is 4. The van der Waals surface area contributed by atoms with E-state index in [1.807, 2.05) is 84.9 Å².